The SMILES string of the molecule is O=C(Cc1ccc(C2CCC2)cc1)NCc1nnc2n1CCNC2=O. The van der Waals surface area contributed by atoms with E-state index in [1.54, 1.807) is 4.57 Å². The molecule has 130 valence electrons. The Morgan fingerprint density at radius 1 is 1.24 bits per heavy atom. The van der Waals surface area contributed by atoms with Gasteiger partial charge in [-0.15, -0.1) is 10.2 Å². The van der Waals surface area contributed by atoms with Crippen molar-refractivity contribution in [3.8, 4) is 0 Å². The highest BCUT2D eigenvalue weighted by atomic mass is 16.2. The summed E-state index contributed by atoms with van der Waals surface area (Å²) in [5.74, 6) is 1.34. The Bertz CT molecular complexity index is 792. The van der Waals surface area contributed by atoms with E-state index in [-0.39, 0.29) is 18.4 Å². The van der Waals surface area contributed by atoms with Gasteiger partial charge < -0.3 is 15.2 Å². The van der Waals surface area contributed by atoms with Crippen LogP contribution in [-0.2, 0) is 24.3 Å². The van der Waals surface area contributed by atoms with Gasteiger partial charge in [-0.1, -0.05) is 30.7 Å². The first-order valence-corrected chi connectivity index (χ1v) is 8.76. The van der Waals surface area contributed by atoms with Gasteiger partial charge in [-0.3, -0.25) is 9.59 Å². The lowest BCUT2D eigenvalue weighted by Crippen LogP contribution is -2.37. The van der Waals surface area contributed by atoms with Gasteiger partial charge in [0.1, 0.15) is 0 Å². The molecule has 1 aliphatic carbocycles. The molecule has 0 radical (unpaired) electrons. The van der Waals surface area contributed by atoms with Crippen molar-refractivity contribution in [1.82, 2.24) is 25.4 Å². The molecule has 4 rings (SSSR count). The second kappa shape index (κ2) is 6.66. The smallest absolute Gasteiger partial charge is 0.289 e. The molecule has 2 aliphatic rings. The second-order valence-electron chi connectivity index (χ2n) is 6.67. The van der Waals surface area contributed by atoms with Crippen LogP contribution in [0.2, 0.25) is 0 Å². The summed E-state index contributed by atoms with van der Waals surface area (Å²) in [7, 11) is 0. The predicted octanol–water partition coefficient (Wildman–Crippen LogP) is 1.15. The normalized spacial score (nSPS) is 16.7. The molecule has 2 heterocycles. The average Bonchev–Trinajstić information content (AvgIpc) is 2.98. The van der Waals surface area contributed by atoms with Gasteiger partial charge in [0.05, 0.1) is 13.0 Å². The molecule has 7 heteroatoms. The van der Waals surface area contributed by atoms with E-state index < -0.39 is 0 Å². The lowest BCUT2D eigenvalue weighted by atomic mass is 9.80. The summed E-state index contributed by atoms with van der Waals surface area (Å²) in [6.07, 6.45) is 4.22. The molecule has 0 spiro atoms. The van der Waals surface area contributed by atoms with Gasteiger partial charge in [0.25, 0.3) is 5.91 Å². The molecule has 0 unspecified atom stereocenters. The number of carbonyl (C=O) groups excluding carboxylic acids is 2. The van der Waals surface area contributed by atoms with Crippen molar-refractivity contribution >= 4 is 11.8 Å². The number of carbonyl (C=O) groups is 2. The molecule has 1 fully saturated rings. The van der Waals surface area contributed by atoms with Crippen molar-refractivity contribution in [2.24, 2.45) is 0 Å². The van der Waals surface area contributed by atoms with Crippen molar-refractivity contribution in [3.63, 3.8) is 0 Å². The molecule has 0 bridgehead atoms. The van der Waals surface area contributed by atoms with Crippen LogP contribution in [0.5, 0.6) is 0 Å². The fraction of sp³-hybridized carbons (Fsp3) is 0.444. The van der Waals surface area contributed by atoms with E-state index in [1.807, 2.05) is 12.1 Å². The molecular weight excluding hydrogens is 318 g/mol. The van der Waals surface area contributed by atoms with Gasteiger partial charge in [-0.05, 0) is 29.9 Å². The Morgan fingerprint density at radius 2 is 2.04 bits per heavy atom. The summed E-state index contributed by atoms with van der Waals surface area (Å²) in [6, 6.07) is 8.35. The van der Waals surface area contributed by atoms with E-state index in [1.165, 1.54) is 24.8 Å². The Morgan fingerprint density at radius 3 is 2.76 bits per heavy atom. The number of benzene rings is 1. The van der Waals surface area contributed by atoms with Crippen LogP contribution in [-0.4, -0.2) is 33.1 Å². The third-order valence-corrected chi connectivity index (χ3v) is 5.02. The van der Waals surface area contributed by atoms with Crippen LogP contribution in [0.25, 0.3) is 0 Å². The maximum Gasteiger partial charge on any atom is 0.289 e. The van der Waals surface area contributed by atoms with Gasteiger partial charge in [-0.2, -0.15) is 0 Å². The number of aromatic nitrogens is 3. The number of nitrogens with one attached hydrogen (secondary N) is 2. The first-order valence-electron chi connectivity index (χ1n) is 8.76. The summed E-state index contributed by atoms with van der Waals surface area (Å²) in [5, 5.41) is 13.5. The Kier molecular flexibility index (Phi) is 4.21. The van der Waals surface area contributed by atoms with Gasteiger partial charge in [-0.25, -0.2) is 0 Å². The van der Waals surface area contributed by atoms with E-state index >= 15 is 0 Å². The highest BCUT2D eigenvalue weighted by Crippen LogP contribution is 2.36. The minimum Gasteiger partial charge on any atom is -0.349 e. The number of hydrogen-bond acceptors (Lipinski definition) is 4. The molecule has 7 nitrogen and oxygen atoms in total. The van der Waals surface area contributed by atoms with Gasteiger partial charge in [0.2, 0.25) is 11.7 Å². The van der Waals surface area contributed by atoms with E-state index in [0.717, 1.165) is 5.56 Å². The third-order valence-electron chi connectivity index (χ3n) is 5.02. The topological polar surface area (TPSA) is 88.9 Å². The maximum atomic E-state index is 12.2. The number of amides is 2. The van der Waals surface area contributed by atoms with Crippen molar-refractivity contribution in [3.05, 3.63) is 47.0 Å². The number of nitrogens with zero attached hydrogens (tertiary/aromatic N) is 3. The average molecular weight is 339 g/mol. The maximum absolute atomic E-state index is 12.2. The molecule has 1 aromatic carbocycles. The second-order valence-corrected chi connectivity index (χ2v) is 6.67. The number of hydrogen-bond donors (Lipinski definition) is 2. The fourth-order valence-corrected chi connectivity index (χ4v) is 3.30. The lowest BCUT2D eigenvalue weighted by molar-refractivity contribution is -0.120. The summed E-state index contributed by atoms with van der Waals surface area (Å²) in [6.45, 7) is 1.46. The van der Waals surface area contributed by atoms with Crippen molar-refractivity contribution in [1.29, 1.82) is 0 Å². The molecule has 2 amide bonds. The highest BCUT2D eigenvalue weighted by molar-refractivity contribution is 5.91. The van der Waals surface area contributed by atoms with E-state index in [2.05, 4.69) is 33.0 Å². The standard InChI is InChI=1S/C18H21N5O2/c24-16(10-12-4-6-14(7-5-12)13-2-1-3-13)20-11-15-21-22-17-18(25)19-8-9-23(15)17/h4-7,13H,1-3,8-11H2,(H,19,25)(H,20,24). The lowest BCUT2D eigenvalue weighted by Gasteiger charge is -2.25. The first kappa shape index (κ1) is 15.8. The molecule has 25 heavy (non-hydrogen) atoms. The Labute approximate surface area is 145 Å². The quantitative estimate of drug-likeness (QED) is 0.855. The van der Waals surface area contributed by atoms with Gasteiger partial charge in [0.15, 0.2) is 5.82 Å². The van der Waals surface area contributed by atoms with Gasteiger partial charge >= 0.3 is 0 Å². The monoisotopic (exact) mass is 339 g/mol. The molecule has 1 aliphatic heterocycles. The van der Waals surface area contributed by atoms with E-state index in [0.29, 0.717) is 37.1 Å². The summed E-state index contributed by atoms with van der Waals surface area (Å²) >= 11 is 0. The third kappa shape index (κ3) is 3.26. The van der Waals surface area contributed by atoms with Crippen LogP contribution < -0.4 is 10.6 Å². The molecule has 0 atom stereocenters. The van der Waals surface area contributed by atoms with Crippen molar-refractivity contribution in [2.45, 2.75) is 44.7 Å². The Hall–Kier alpha value is -2.70. The van der Waals surface area contributed by atoms with Crippen LogP contribution >= 0.6 is 0 Å². The molecule has 1 saturated carbocycles. The van der Waals surface area contributed by atoms with Crippen LogP contribution in [0.15, 0.2) is 24.3 Å². The van der Waals surface area contributed by atoms with Gasteiger partial charge in [0, 0.05) is 13.1 Å². The molecule has 2 aromatic rings. The molecule has 0 saturated heterocycles. The zero-order chi connectivity index (χ0) is 17.2. The van der Waals surface area contributed by atoms with Crippen LogP contribution in [0.4, 0.5) is 0 Å². The zero-order valence-corrected chi connectivity index (χ0v) is 14.0. The van der Waals surface area contributed by atoms with Crippen LogP contribution in [0.1, 0.15) is 52.8 Å². The molecule has 2 N–H and O–H groups in total. The van der Waals surface area contributed by atoms with Crippen LogP contribution in [0, 0.1) is 0 Å². The number of fused-ring (bicyclic) bond motifs is 1. The summed E-state index contributed by atoms with van der Waals surface area (Å²) in [4.78, 5) is 23.8. The molecular formula is C18H21N5O2. The largest absolute Gasteiger partial charge is 0.349 e. The highest BCUT2D eigenvalue weighted by Gasteiger charge is 2.22. The Balaban J connectivity index is 1.33. The summed E-state index contributed by atoms with van der Waals surface area (Å²) < 4.78 is 1.76. The fourth-order valence-electron chi connectivity index (χ4n) is 3.30. The van der Waals surface area contributed by atoms with Crippen LogP contribution in [0.3, 0.4) is 0 Å². The zero-order valence-electron chi connectivity index (χ0n) is 14.0. The van der Waals surface area contributed by atoms with E-state index in [4.69, 9.17) is 0 Å². The first-order chi connectivity index (χ1) is 12.2. The van der Waals surface area contributed by atoms with Crippen molar-refractivity contribution in [2.75, 3.05) is 6.54 Å². The summed E-state index contributed by atoms with van der Waals surface area (Å²) in [5.41, 5.74) is 2.38. The number of rotatable bonds is 5. The van der Waals surface area contributed by atoms with Crippen molar-refractivity contribution < 1.29 is 9.59 Å². The molecule has 1 aromatic heterocycles. The minimum atomic E-state index is -0.220. The van der Waals surface area contributed by atoms with E-state index in [9.17, 15) is 9.59 Å². The minimum absolute atomic E-state index is 0.0611. The predicted molar refractivity (Wildman–Crippen MR) is 90.9 cm³/mol.